The van der Waals surface area contributed by atoms with Crippen molar-refractivity contribution < 1.29 is 9.18 Å². The minimum absolute atomic E-state index is 0.317. The molecule has 4 aromatic rings. The van der Waals surface area contributed by atoms with Crippen LogP contribution in [0.25, 0.3) is 11.3 Å². The van der Waals surface area contributed by atoms with Crippen LogP contribution in [0.3, 0.4) is 0 Å². The average molecular weight is 525 g/mol. The molecule has 0 bridgehead atoms. The Kier molecular flexibility index (Phi) is 7.76. The van der Waals surface area contributed by atoms with Gasteiger partial charge in [0, 0.05) is 54.5 Å². The zero-order valence-corrected chi connectivity index (χ0v) is 21.3. The first-order valence-corrected chi connectivity index (χ1v) is 12.5. The van der Waals surface area contributed by atoms with Crippen LogP contribution in [0.4, 0.5) is 38.8 Å². The number of piperazine rings is 1. The molecule has 0 spiro atoms. The Morgan fingerprint density at radius 1 is 0.923 bits per heavy atom. The van der Waals surface area contributed by atoms with Crippen LogP contribution in [0.15, 0.2) is 91.6 Å². The normalized spacial score (nSPS) is 13.5. The molecule has 0 aliphatic carbocycles. The number of benzene rings is 3. The van der Waals surface area contributed by atoms with E-state index >= 15 is 0 Å². The summed E-state index contributed by atoms with van der Waals surface area (Å²) >= 11 is 0. The fraction of sp³-hybridized carbons (Fsp3) is 0.138. The number of hydrazine groups is 1. The van der Waals surface area contributed by atoms with Crippen molar-refractivity contribution in [1.82, 2.24) is 15.0 Å². The highest BCUT2D eigenvalue weighted by Gasteiger charge is 2.16. The van der Waals surface area contributed by atoms with Crippen molar-refractivity contribution in [3.8, 4) is 11.3 Å². The first kappa shape index (κ1) is 25.8. The Bertz CT molecular complexity index is 1490. The molecule has 2 heterocycles. The topological polar surface area (TPSA) is 111 Å². The predicted octanol–water partition coefficient (Wildman–Crippen LogP) is 4.89. The number of carbonyl (C=O) groups excluding carboxylic acids is 1. The summed E-state index contributed by atoms with van der Waals surface area (Å²) in [4.78, 5) is 23.5. The number of nitrogens with two attached hydrogens (primary N) is 1. The SMILES string of the molecule is C=CC(=O)Nc1cccc(-c2nc(Nc3cccc(N4CCN(N)CC4)c3)ncc2Nc2cccc(F)c2)c1. The third-order valence-electron chi connectivity index (χ3n) is 6.26. The Labute approximate surface area is 226 Å². The van der Waals surface area contributed by atoms with Gasteiger partial charge in [-0.1, -0.05) is 30.8 Å². The van der Waals surface area contributed by atoms with Crippen molar-refractivity contribution in [1.29, 1.82) is 0 Å². The Balaban J connectivity index is 1.46. The quantitative estimate of drug-likeness (QED) is 0.190. The molecule has 0 saturated carbocycles. The molecule has 1 aliphatic heterocycles. The molecule has 1 fully saturated rings. The number of amides is 1. The zero-order chi connectivity index (χ0) is 27.2. The number of rotatable bonds is 8. The van der Waals surface area contributed by atoms with Gasteiger partial charge in [-0.3, -0.25) is 10.6 Å². The van der Waals surface area contributed by atoms with Gasteiger partial charge < -0.3 is 20.9 Å². The summed E-state index contributed by atoms with van der Waals surface area (Å²) in [6.45, 7) is 6.80. The lowest BCUT2D eigenvalue weighted by Crippen LogP contribution is -2.49. The second-order valence-corrected chi connectivity index (χ2v) is 9.06. The summed E-state index contributed by atoms with van der Waals surface area (Å²) in [6, 6.07) is 21.5. The molecular formula is C29H29FN8O. The molecule has 9 nitrogen and oxygen atoms in total. The standard InChI is InChI=1S/C29H29FN8O/c1-2-27(39)34-22-8-3-6-20(16-22)28-26(33-23-9-4-7-21(30)17-23)19-32-29(36-28)35-24-10-5-11-25(18-24)37-12-14-38(31)15-13-37/h2-11,16-19,33H,1,12-15,31H2,(H,34,39)(H,32,35,36). The second-order valence-electron chi connectivity index (χ2n) is 9.06. The first-order chi connectivity index (χ1) is 19.0. The number of hydrogen-bond acceptors (Lipinski definition) is 8. The molecule has 1 saturated heterocycles. The van der Waals surface area contributed by atoms with Gasteiger partial charge in [0.05, 0.1) is 17.6 Å². The Hall–Kier alpha value is -4.80. The van der Waals surface area contributed by atoms with Crippen LogP contribution in [0, 0.1) is 5.82 Å². The largest absolute Gasteiger partial charge is 0.369 e. The number of nitrogens with one attached hydrogen (secondary N) is 3. The molecule has 1 aliphatic rings. The van der Waals surface area contributed by atoms with E-state index in [1.807, 2.05) is 35.3 Å². The van der Waals surface area contributed by atoms with Crippen LogP contribution >= 0.6 is 0 Å². The van der Waals surface area contributed by atoms with Gasteiger partial charge in [0.1, 0.15) is 5.82 Å². The monoisotopic (exact) mass is 524 g/mol. The molecule has 0 unspecified atom stereocenters. The van der Waals surface area contributed by atoms with E-state index in [9.17, 15) is 9.18 Å². The van der Waals surface area contributed by atoms with E-state index in [2.05, 4.69) is 44.5 Å². The molecule has 0 atom stereocenters. The van der Waals surface area contributed by atoms with Gasteiger partial charge in [0.15, 0.2) is 0 Å². The summed E-state index contributed by atoms with van der Waals surface area (Å²) < 4.78 is 13.9. The highest BCUT2D eigenvalue weighted by atomic mass is 19.1. The predicted molar refractivity (Wildman–Crippen MR) is 154 cm³/mol. The highest BCUT2D eigenvalue weighted by molar-refractivity contribution is 5.99. The van der Waals surface area contributed by atoms with E-state index in [-0.39, 0.29) is 11.7 Å². The van der Waals surface area contributed by atoms with Crippen molar-refractivity contribution in [3.63, 3.8) is 0 Å². The lowest BCUT2D eigenvalue weighted by Gasteiger charge is -2.33. The fourth-order valence-electron chi connectivity index (χ4n) is 4.30. The molecule has 10 heteroatoms. The van der Waals surface area contributed by atoms with Gasteiger partial charge in [0.25, 0.3) is 0 Å². The van der Waals surface area contributed by atoms with Crippen LogP contribution in [0.5, 0.6) is 0 Å². The van der Waals surface area contributed by atoms with Crippen LogP contribution in [-0.4, -0.2) is 47.1 Å². The molecular weight excluding hydrogens is 495 g/mol. The summed E-state index contributed by atoms with van der Waals surface area (Å²) in [7, 11) is 0. The smallest absolute Gasteiger partial charge is 0.247 e. The maximum absolute atomic E-state index is 13.9. The van der Waals surface area contributed by atoms with Gasteiger partial charge in [-0.25, -0.2) is 19.4 Å². The summed E-state index contributed by atoms with van der Waals surface area (Å²) in [5.41, 5.74) is 4.95. The van der Waals surface area contributed by atoms with Crippen molar-refractivity contribution in [2.75, 3.05) is 47.0 Å². The molecule has 39 heavy (non-hydrogen) atoms. The molecule has 3 aromatic carbocycles. The molecule has 198 valence electrons. The van der Waals surface area contributed by atoms with Crippen molar-refractivity contribution in [2.45, 2.75) is 0 Å². The average Bonchev–Trinajstić information content (AvgIpc) is 2.94. The third kappa shape index (κ3) is 6.56. The maximum Gasteiger partial charge on any atom is 0.247 e. The summed E-state index contributed by atoms with van der Waals surface area (Å²) in [5.74, 6) is 5.62. The van der Waals surface area contributed by atoms with Gasteiger partial charge in [0.2, 0.25) is 11.9 Å². The van der Waals surface area contributed by atoms with Crippen molar-refractivity contribution in [2.24, 2.45) is 5.84 Å². The van der Waals surface area contributed by atoms with E-state index in [0.29, 0.717) is 28.7 Å². The lowest BCUT2D eigenvalue weighted by molar-refractivity contribution is -0.111. The Morgan fingerprint density at radius 3 is 2.41 bits per heavy atom. The summed E-state index contributed by atoms with van der Waals surface area (Å²) in [5, 5.41) is 11.1. The van der Waals surface area contributed by atoms with Crippen LogP contribution in [0.2, 0.25) is 0 Å². The second kappa shape index (κ2) is 11.7. The van der Waals surface area contributed by atoms with E-state index in [0.717, 1.165) is 43.1 Å². The van der Waals surface area contributed by atoms with Gasteiger partial charge in [-0.2, -0.15) is 0 Å². The highest BCUT2D eigenvalue weighted by Crippen LogP contribution is 2.32. The number of hydrogen-bond donors (Lipinski definition) is 4. The van der Waals surface area contributed by atoms with Crippen LogP contribution in [0.1, 0.15) is 0 Å². The van der Waals surface area contributed by atoms with E-state index in [1.54, 1.807) is 24.4 Å². The molecule has 5 rings (SSSR count). The summed E-state index contributed by atoms with van der Waals surface area (Å²) in [6.07, 6.45) is 2.86. The van der Waals surface area contributed by atoms with E-state index in [4.69, 9.17) is 10.8 Å². The number of nitrogens with zero attached hydrogens (tertiary/aromatic N) is 4. The zero-order valence-electron chi connectivity index (χ0n) is 21.3. The third-order valence-corrected chi connectivity index (χ3v) is 6.26. The van der Waals surface area contributed by atoms with Gasteiger partial charge in [-0.05, 0) is 54.6 Å². The minimum Gasteiger partial charge on any atom is -0.369 e. The number of halogens is 1. The lowest BCUT2D eigenvalue weighted by atomic mass is 10.1. The van der Waals surface area contributed by atoms with Crippen LogP contribution < -0.4 is 26.7 Å². The van der Waals surface area contributed by atoms with E-state index < -0.39 is 0 Å². The number of carbonyl (C=O) groups is 1. The Morgan fingerprint density at radius 2 is 1.64 bits per heavy atom. The van der Waals surface area contributed by atoms with Crippen LogP contribution in [-0.2, 0) is 4.79 Å². The maximum atomic E-state index is 13.9. The molecule has 1 aromatic heterocycles. The van der Waals surface area contributed by atoms with Crippen molar-refractivity contribution >= 4 is 40.3 Å². The molecule has 5 N–H and O–H groups in total. The van der Waals surface area contributed by atoms with Gasteiger partial charge >= 0.3 is 0 Å². The van der Waals surface area contributed by atoms with Crippen molar-refractivity contribution in [3.05, 3.63) is 97.5 Å². The van der Waals surface area contributed by atoms with E-state index in [1.165, 1.54) is 18.2 Å². The first-order valence-electron chi connectivity index (χ1n) is 12.5. The number of anilines is 6. The molecule has 0 radical (unpaired) electrons. The number of aromatic nitrogens is 2. The molecule has 1 amide bonds. The fourth-order valence-corrected chi connectivity index (χ4v) is 4.30. The minimum atomic E-state index is -0.359. The van der Waals surface area contributed by atoms with Gasteiger partial charge in [-0.15, -0.1) is 0 Å².